The van der Waals surface area contributed by atoms with Gasteiger partial charge in [-0.25, -0.2) is 0 Å². The highest BCUT2D eigenvalue weighted by atomic mass is 16.8. The Balaban J connectivity index is 1.55. The van der Waals surface area contributed by atoms with Crippen LogP contribution in [0.1, 0.15) is 40.2 Å². The third kappa shape index (κ3) is 4.21. The SMILES string of the molecule is CC(=O)NC1C(Oc2ccc3c(c2)OC(C)(C)C3)OC2COC(C)(C)OC2C1O. The molecule has 2 N–H and O–H groups in total. The van der Waals surface area contributed by atoms with Crippen LogP contribution in [0.15, 0.2) is 18.2 Å². The second kappa shape index (κ2) is 7.12. The van der Waals surface area contributed by atoms with Gasteiger partial charge in [0, 0.05) is 19.4 Å². The highest BCUT2D eigenvalue weighted by Gasteiger charge is 2.52. The maximum Gasteiger partial charge on any atom is 0.223 e. The molecule has 1 aromatic carbocycles. The fourth-order valence-corrected chi connectivity index (χ4v) is 4.11. The van der Waals surface area contributed by atoms with Crippen LogP contribution in [0.4, 0.5) is 0 Å². The van der Waals surface area contributed by atoms with Gasteiger partial charge in [0.05, 0.1) is 6.61 Å². The maximum absolute atomic E-state index is 11.7. The first-order valence-electron chi connectivity index (χ1n) is 9.94. The van der Waals surface area contributed by atoms with Crippen molar-refractivity contribution in [1.29, 1.82) is 0 Å². The van der Waals surface area contributed by atoms with E-state index in [9.17, 15) is 9.90 Å². The molecule has 0 aromatic heterocycles. The maximum atomic E-state index is 11.7. The van der Waals surface area contributed by atoms with Crippen LogP contribution in [-0.4, -0.2) is 59.7 Å². The number of amides is 1. The first kappa shape index (κ1) is 20.4. The van der Waals surface area contributed by atoms with Gasteiger partial charge in [0.25, 0.3) is 0 Å². The molecular formula is C21H29NO7. The number of benzene rings is 1. The van der Waals surface area contributed by atoms with Crippen molar-refractivity contribution in [1.82, 2.24) is 5.32 Å². The van der Waals surface area contributed by atoms with E-state index in [0.717, 1.165) is 17.7 Å². The van der Waals surface area contributed by atoms with E-state index in [1.807, 2.05) is 32.0 Å². The van der Waals surface area contributed by atoms with Crippen LogP contribution < -0.4 is 14.8 Å². The van der Waals surface area contributed by atoms with Crippen LogP contribution in [0.5, 0.6) is 11.5 Å². The summed E-state index contributed by atoms with van der Waals surface area (Å²) >= 11 is 0. The fraction of sp³-hybridized carbons (Fsp3) is 0.667. The topological polar surface area (TPSA) is 95.5 Å². The summed E-state index contributed by atoms with van der Waals surface area (Å²) < 4.78 is 29.6. The Morgan fingerprint density at radius 1 is 1.28 bits per heavy atom. The molecule has 5 unspecified atom stereocenters. The summed E-state index contributed by atoms with van der Waals surface area (Å²) in [7, 11) is 0. The molecule has 2 saturated heterocycles. The van der Waals surface area contributed by atoms with E-state index in [4.69, 9.17) is 23.7 Å². The van der Waals surface area contributed by atoms with Crippen molar-refractivity contribution >= 4 is 5.91 Å². The number of nitrogens with one attached hydrogen (secondary N) is 1. The van der Waals surface area contributed by atoms with Gasteiger partial charge in [0.2, 0.25) is 12.2 Å². The molecule has 1 amide bonds. The van der Waals surface area contributed by atoms with Gasteiger partial charge in [-0.05, 0) is 39.3 Å². The van der Waals surface area contributed by atoms with Crippen LogP contribution >= 0.6 is 0 Å². The standard InChI is InChI=1S/C21H29NO7/c1-11(23)22-16-17(24)18-15(10-25-21(4,5)29-18)27-19(16)26-13-7-6-12-9-20(2,3)28-14(12)8-13/h6-8,15-19,24H,9-10H2,1-5H3,(H,22,23). The lowest BCUT2D eigenvalue weighted by Gasteiger charge is -2.49. The van der Waals surface area contributed by atoms with E-state index in [1.54, 1.807) is 13.8 Å². The Bertz CT molecular complexity index is 793. The van der Waals surface area contributed by atoms with Crippen LogP contribution in [0.2, 0.25) is 0 Å². The summed E-state index contributed by atoms with van der Waals surface area (Å²) in [6.45, 7) is 9.26. The van der Waals surface area contributed by atoms with Crippen LogP contribution in [0, 0.1) is 0 Å². The van der Waals surface area contributed by atoms with Crippen LogP contribution in [-0.2, 0) is 25.4 Å². The van der Waals surface area contributed by atoms with E-state index in [1.165, 1.54) is 6.92 Å². The summed E-state index contributed by atoms with van der Waals surface area (Å²) in [6, 6.07) is 4.82. The lowest BCUT2D eigenvalue weighted by atomic mass is 9.95. The van der Waals surface area contributed by atoms with Crippen molar-refractivity contribution in [2.24, 2.45) is 0 Å². The molecule has 0 saturated carbocycles. The Morgan fingerprint density at radius 3 is 2.76 bits per heavy atom. The van der Waals surface area contributed by atoms with Crippen LogP contribution in [0.3, 0.4) is 0 Å². The Kier molecular flexibility index (Phi) is 5.01. The predicted molar refractivity (Wildman–Crippen MR) is 103 cm³/mol. The smallest absolute Gasteiger partial charge is 0.223 e. The third-order valence-corrected chi connectivity index (χ3v) is 5.35. The Hall–Kier alpha value is -1.87. The molecule has 1 aromatic rings. The van der Waals surface area contributed by atoms with Crippen molar-refractivity contribution in [2.45, 2.75) is 83.1 Å². The number of rotatable bonds is 3. The molecule has 3 heterocycles. The van der Waals surface area contributed by atoms with Crippen molar-refractivity contribution in [3.05, 3.63) is 23.8 Å². The second-order valence-corrected chi connectivity index (χ2v) is 8.98. The summed E-state index contributed by atoms with van der Waals surface area (Å²) in [4.78, 5) is 11.7. The largest absolute Gasteiger partial charge is 0.487 e. The molecule has 4 rings (SSSR count). The number of carbonyl (C=O) groups is 1. The molecular weight excluding hydrogens is 378 g/mol. The van der Waals surface area contributed by atoms with Crippen molar-refractivity contribution < 1.29 is 33.6 Å². The van der Waals surface area contributed by atoms with Crippen molar-refractivity contribution in [2.75, 3.05) is 6.61 Å². The lowest BCUT2D eigenvalue weighted by Crippen LogP contribution is -2.69. The van der Waals surface area contributed by atoms with Gasteiger partial charge in [-0.1, -0.05) is 6.07 Å². The summed E-state index contributed by atoms with van der Waals surface area (Å²) in [5, 5.41) is 13.7. The Labute approximate surface area is 170 Å². The zero-order chi connectivity index (χ0) is 21.0. The summed E-state index contributed by atoms with van der Waals surface area (Å²) in [5.74, 6) is 0.161. The van der Waals surface area contributed by atoms with Gasteiger partial charge in [-0.15, -0.1) is 0 Å². The molecule has 8 heteroatoms. The van der Waals surface area contributed by atoms with Gasteiger partial charge < -0.3 is 34.1 Å². The molecule has 0 spiro atoms. The van der Waals surface area contributed by atoms with E-state index in [0.29, 0.717) is 5.75 Å². The number of aliphatic hydroxyl groups is 1. The average Bonchev–Trinajstić information content (AvgIpc) is 2.91. The van der Waals surface area contributed by atoms with Gasteiger partial charge in [-0.3, -0.25) is 4.79 Å². The average molecular weight is 407 g/mol. The summed E-state index contributed by atoms with van der Waals surface area (Å²) in [6.07, 6.45) is -2.26. The molecule has 3 aliphatic heterocycles. The van der Waals surface area contributed by atoms with E-state index in [2.05, 4.69) is 5.32 Å². The minimum absolute atomic E-state index is 0.253. The minimum atomic E-state index is -1.02. The highest BCUT2D eigenvalue weighted by Crippen LogP contribution is 2.38. The Morgan fingerprint density at radius 2 is 2.03 bits per heavy atom. The molecule has 5 atom stereocenters. The monoisotopic (exact) mass is 407 g/mol. The first-order valence-corrected chi connectivity index (χ1v) is 9.94. The molecule has 0 bridgehead atoms. The molecule has 3 aliphatic rings. The molecule has 29 heavy (non-hydrogen) atoms. The fourth-order valence-electron chi connectivity index (χ4n) is 4.11. The van der Waals surface area contributed by atoms with Gasteiger partial charge >= 0.3 is 0 Å². The summed E-state index contributed by atoms with van der Waals surface area (Å²) in [5.41, 5.74) is 0.857. The van der Waals surface area contributed by atoms with Gasteiger partial charge in [-0.2, -0.15) is 0 Å². The zero-order valence-corrected chi connectivity index (χ0v) is 17.4. The number of aliphatic hydroxyl groups excluding tert-OH is 1. The van der Waals surface area contributed by atoms with Crippen molar-refractivity contribution in [3.8, 4) is 11.5 Å². The van der Waals surface area contributed by atoms with Gasteiger partial charge in [0.1, 0.15) is 41.5 Å². The van der Waals surface area contributed by atoms with Crippen LogP contribution in [0.25, 0.3) is 0 Å². The minimum Gasteiger partial charge on any atom is -0.487 e. The molecule has 160 valence electrons. The number of carbonyl (C=O) groups excluding carboxylic acids is 1. The number of ether oxygens (including phenoxy) is 5. The molecule has 2 fully saturated rings. The second-order valence-electron chi connectivity index (χ2n) is 8.98. The molecule has 8 nitrogen and oxygen atoms in total. The zero-order valence-electron chi connectivity index (χ0n) is 17.4. The number of hydrogen-bond acceptors (Lipinski definition) is 7. The van der Waals surface area contributed by atoms with E-state index in [-0.39, 0.29) is 18.1 Å². The quantitative estimate of drug-likeness (QED) is 0.784. The first-order chi connectivity index (χ1) is 13.5. The van der Waals surface area contributed by atoms with E-state index < -0.39 is 36.4 Å². The van der Waals surface area contributed by atoms with Gasteiger partial charge in [0.15, 0.2) is 5.79 Å². The van der Waals surface area contributed by atoms with E-state index >= 15 is 0 Å². The lowest BCUT2D eigenvalue weighted by molar-refractivity contribution is -0.361. The highest BCUT2D eigenvalue weighted by molar-refractivity contribution is 5.73. The third-order valence-electron chi connectivity index (χ3n) is 5.35. The normalized spacial score (nSPS) is 34.5. The molecule has 0 radical (unpaired) electrons. The number of fused-ring (bicyclic) bond motifs is 2. The van der Waals surface area contributed by atoms with Crippen molar-refractivity contribution in [3.63, 3.8) is 0 Å². The number of hydrogen-bond donors (Lipinski definition) is 2. The predicted octanol–water partition coefficient (Wildman–Crippen LogP) is 1.52. The molecule has 0 aliphatic carbocycles.